The Hall–Kier alpha value is -2.04. The summed E-state index contributed by atoms with van der Waals surface area (Å²) in [5, 5.41) is 16.9. The predicted octanol–water partition coefficient (Wildman–Crippen LogP) is 1.29. The van der Waals surface area contributed by atoms with Gasteiger partial charge in [0.05, 0.1) is 6.10 Å². The second-order valence-electron chi connectivity index (χ2n) is 8.20. The van der Waals surface area contributed by atoms with E-state index >= 15 is 0 Å². The molecule has 0 radical (unpaired) electrons. The van der Waals surface area contributed by atoms with Gasteiger partial charge in [-0.3, -0.25) is 9.71 Å². The van der Waals surface area contributed by atoms with E-state index in [-0.39, 0.29) is 5.54 Å². The molecule has 1 atom stereocenters. The summed E-state index contributed by atoms with van der Waals surface area (Å²) in [5.41, 5.74) is 2.16. The van der Waals surface area contributed by atoms with Crippen molar-refractivity contribution in [2.45, 2.75) is 31.9 Å². The molecule has 9 heteroatoms. The van der Waals surface area contributed by atoms with Crippen LogP contribution in [0.1, 0.15) is 31.1 Å². The van der Waals surface area contributed by atoms with Gasteiger partial charge in [-0.25, -0.2) is 0 Å². The fourth-order valence-corrected chi connectivity index (χ4v) is 4.65. The zero-order valence-electron chi connectivity index (χ0n) is 17.5. The minimum atomic E-state index is -3.53. The number of nitrogens with zero attached hydrogens (tertiary/aromatic N) is 2. The molecule has 0 aliphatic carbocycles. The summed E-state index contributed by atoms with van der Waals surface area (Å²) >= 11 is 0. The van der Waals surface area contributed by atoms with Gasteiger partial charge >= 0.3 is 10.2 Å². The Bertz CT molecular complexity index is 898. The van der Waals surface area contributed by atoms with Crippen LogP contribution in [0.15, 0.2) is 48.8 Å². The molecule has 4 N–H and O–H groups in total. The molecule has 1 aliphatic heterocycles. The molecular weight excluding hydrogens is 402 g/mol. The van der Waals surface area contributed by atoms with Crippen LogP contribution in [0.4, 0.5) is 5.69 Å². The first-order chi connectivity index (χ1) is 14.3. The number of aromatic nitrogens is 1. The SMILES string of the molecule is CC(C)(Cc1ccc(NS(=O)(=O)N2CCNCC2)cc1)NC[C@@H](O)c1cccnc1. The molecule has 0 amide bonds. The summed E-state index contributed by atoms with van der Waals surface area (Å²) in [6, 6.07) is 11.1. The van der Waals surface area contributed by atoms with Crippen molar-refractivity contribution in [3.05, 3.63) is 59.9 Å². The van der Waals surface area contributed by atoms with Gasteiger partial charge in [-0.05, 0) is 44.0 Å². The number of anilines is 1. The number of hydrogen-bond donors (Lipinski definition) is 4. The van der Waals surface area contributed by atoms with Crippen LogP contribution in [-0.4, -0.2) is 61.1 Å². The lowest BCUT2D eigenvalue weighted by atomic mass is 9.94. The molecule has 1 fully saturated rings. The quantitative estimate of drug-likeness (QED) is 0.475. The first-order valence-electron chi connectivity index (χ1n) is 10.2. The summed E-state index contributed by atoms with van der Waals surface area (Å²) in [6.45, 7) is 6.83. The van der Waals surface area contributed by atoms with Crippen LogP contribution in [0.5, 0.6) is 0 Å². The Morgan fingerprint density at radius 3 is 2.53 bits per heavy atom. The molecular formula is C21H31N5O3S. The first kappa shape index (κ1) is 22.6. The Kier molecular flexibility index (Phi) is 7.43. The number of hydrogen-bond acceptors (Lipinski definition) is 6. The van der Waals surface area contributed by atoms with Gasteiger partial charge in [0.2, 0.25) is 0 Å². The van der Waals surface area contributed by atoms with Crippen LogP contribution in [0, 0.1) is 0 Å². The third-order valence-electron chi connectivity index (χ3n) is 5.11. The summed E-state index contributed by atoms with van der Waals surface area (Å²) in [5.74, 6) is 0. The average Bonchev–Trinajstić information content (AvgIpc) is 2.74. The third kappa shape index (κ3) is 6.48. The van der Waals surface area contributed by atoms with Gasteiger partial charge in [-0.2, -0.15) is 12.7 Å². The highest BCUT2D eigenvalue weighted by Gasteiger charge is 2.24. The summed E-state index contributed by atoms with van der Waals surface area (Å²) in [6.07, 6.45) is 3.46. The van der Waals surface area contributed by atoms with Gasteiger partial charge < -0.3 is 15.7 Å². The molecule has 1 saturated heterocycles. The van der Waals surface area contributed by atoms with Crippen LogP contribution < -0.4 is 15.4 Å². The van der Waals surface area contributed by atoms with Crippen LogP contribution in [0.3, 0.4) is 0 Å². The molecule has 30 heavy (non-hydrogen) atoms. The monoisotopic (exact) mass is 433 g/mol. The number of β-amino-alcohol motifs (C(OH)–C–C–N with tert-alkyl or cyclic N) is 1. The van der Waals surface area contributed by atoms with Crippen molar-refractivity contribution in [3.63, 3.8) is 0 Å². The summed E-state index contributed by atoms with van der Waals surface area (Å²) in [7, 11) is -3.53. The van der Waals surface area contributed by atoms with Crippen LogP contribution >= 0.6 is 0 Å². The maximum absolute atomic E-state index is 12.5. The van der Waals surface area contributed by atoms with Gasteiger partial charge in [-0.1, -0.05) is 18.2 Å². The van der Waals surface area contributed by atoms with Gasteiger partial charge in [0.15, 0.2) is 0 Å². The largest absolute Gasteiger partial charge is 0.387 e. The maximum Gasteiger partial charge on any atom is 0.301 e. The van der Waals surface area contributed by atoms with Gasteiger partial charge in [0.1, 0.15) is 0 Å². The van der Waals surface area contributed by atoms with E-state index in [0.29, 0.717) is 38.4 Å². The summed E-state index contributed by atoms with van der Waals surface area (Å²) in [4.78, 5) is 4.04. The number of nitrogens with one attached hydrogen (secondary N) is 3. The Labute approximate surface area is 178 Å². The van der Waals surface area contributed by atoms with E-state index in [1.807, 2.05) is 24.3 Å². The zero-order chi connectivity index (χ0) is 21.6. The van der Waals surface area contributed by atoms with Crippen molar-refractivity contribution in [3.8, 4) is 0 Å². The molecule has 164 valence electrons. The highest BCUT2D eigenvalue weighted by Crippen LogP contribution is 2.19. The lowest BCUT2D eigenvalue weighted by Crippen LogP contribution is -2.48. The molecule has 0 saturated carbocycles. The molecule has 3 rings (SSSR count). The molecule has 0 bridgehead atoms. The fraction of sp³-hybridized carbons (Fsp3) is 0.476. The third-order valence-corrected chi connectivity index (χ3v) is 6.64. The number of pyridine rings is 1. The Balaban J connectivity index is 1.53. The number of rotatable bonds is 9. The summed E-state index contributed by atoms with van der Waals surface area (Å²) < 4.78 is 29.1. The lowest BCUT2D eigenvalue weighted by Gasteiger charge is -2.28. The maximum atomic E-state index is 12.5. The van der Waals surface area contributed by atoms with Crippen LogP contribution in [0.2, 0.25) is 0 Å². The molecule has 2 aromatic rings. The normalized spacial score (nSPS) is 16.9. The predicted molar refractivity (Wildman–Crippen MR) is 118 cm³/mol. The topological polar surface area (TPSA) is 107 Å². The Morgan fingerprint density at radius 2 is 1.90 bits per heavy atom. The number of aliphatic hydroxyl groups is 1. The number of aliphatic hydroxyl groups excluding tert-OH is 1. The minimum absolute atomic E-state index is 0.245. The second kappa shape index (κ2) is 9.84. The van der Waals surface area contributed by atoms with Crippen molar-refractivity contribution >= 4 is 15.9 Å². The zero-order valence-corrected chi connectivity index (χ0v) is 18.3. The highest BCUT2D eigenvalue weighted by molar-refractivity contribution is 7.90. The lowest BCUT2D eigenvalue weighted by molar-refractivity contribution is 0.160. The van der Waals surface area contributed by atoms with Crippen molar-refractivity contribution in [2.75, 3.05) is 37.4 Å². The molecule has 2 heterocycles. The van der Waals surface area contributed by atoms with E-state index in [4.69, 9.17) is 0 Å². The molecule has 1 aliphatic rings. The molecule has 8 nitrogen and oxygen atoms in total. The van der Waals surface area contributed by atoms with Crippen molar-refractivity contribution in [2.24, 2.45) is 0 Å². The molecule has 0 spiro atoms. The second-order valence-corrected chi connectivity index (χ2v) is 9.87. The van der Waals surface area contributed by atoms with E-state index in [9.17, 15) is 13.5 Å². The van der Waals surface area contributed by atoms with Crippen molar-refractivity contribution in [1.82, 2.24) is 19.9 Å². The molecule has 1 aromatic carbocycles. The van der Waals surface area contributed by atoms with Crippen molar-refractivity contribution < 1.29 is 13.5 Å². The fourth-order valence-electron chi connectivity index (χ4n) is 3.43. The van der Waals surface area contributed by atoms with E-state index < -0.39 is 16.3 Å². The van der Waals surface area contributed by atoms with Crippen LogP contribution in [-0.2, 0) is 16.6 Å². The first-order valence-corrected chi connectivity index (χ1v) is 11.6. The van der Waals surface area contributed by atoms with E-state index in [1.54, 1.807) is 24.5 Å². The molecule has 0 unspecified atom stereocenters. The smallest absolute Gasteiger partial charge is 0.301 e. The highest BCUT2D eigenvalue weighted by atomic mass is 32.2. The van der Waals surface area contributed by atoms with Gasteiger partial charge in [0, 0.05) is 61.9 Å². The number of piperazine rings is 1. The standard InChI is InChI=1S/C21H31N5O3S/c1-21(2,24-16-20(27)18-4-3-9-23-15-18)14-17-5-7-19(8-6-17)25-30(28,29)26-12-10-22-11-13-26/h3-9,15,20,22,24-25,27H,10-14,16H2,1-2H3/t20-/m1/s1. The van der Waals surface area contributed by atoms with E-state index in [1.165, 1.54) is 4.31 Å². The molecule has 1 aromatic heterocycles. The average molecular weight is 434 g/mol. The van der Waals surface area contributed by atoms with Gasteiger partial charge in [-0.15, -0.1) is 0 Å². The Morgan fingerprint density at radius 1 is 1.20 bits per heavy atom. The van der Waals surface area contributed by atoms with Crippen LogP contribution in [0.25, 0.3) is 0 Å². The number of benzene rings is 1. The van der Waals surface area contributed by atoms with E-state index in [2.05, 4.69) is 34.2 Å². The minimum Gasteiger partial charge on any atom is -0.387 e. The van der Waals surface area contributed by atoms with Gasteiger partial charge in [0.25, 0.3) is 0 Å². The van der Waals surface area contributed by atoms with Crippen molar-refractivity contribution in [1.29, 1.82) is 0 Å². The van der Waals surface area contributed by atoms with E-state index in [0.717, 1.165) is 17.5 Å².